The summed E-state index contributed by atoms with van der Waals surface area (Å²) in [4.78, 5) is 38.3. The van der Waals surface area contributed by atoms with Crippen LogP contribution in [0.4, 0.5) is 0 Å². The third-order valence-corrected chi connectivity index (χ3v) is 17.4. The topological polar surface area (TPSA) is 140 Å². The number of esters is 1. The molecule has 6 aliphatic rings. The Morgan fingerprint density at radius 1 is 0.792 bits per heavy atom. The first-order valence-electron chi connectivity index (χ1n) is 20.3. The average molecular weight is 743 g/mol. The summed E-state index contributed by atoms with van der Waals surface area (Å²) in [5.41, 5.74) is -2.26. The molecule has 16 atom stereocenters. The van der Waals surface area contributed by atoms with Crippen LogP contribution in [0, 0.1) is 68.0 Å². The van der Waals surface area contributed by atoms with Crippen molar-refractivity contribution in [2.24, 2.45) is 68.0 Å². The van der Waals surface area contributed by atoms with E-state index in [2.05, 4.69) is 61.6 Å². The van der Waals surface area contributed by atoms with Gasteiger partial charge in [-0.25, -0.2) is 4.79 Å². The molecule has 3 N–H and O–H groups in total. The third kappa shape index (κ3) is 6.25. The number of carbonyl (C=O) groups is 3. The summed E-state index contributed by atoms with van der Waals surface area (Å²) < 4.78 is 17.2. The minimum atomic E-state index is -0.686. The number of carbonyl (C=O) groups excluding carboxylic acids is 3. The van der Waals surface area contributed by atoms with E-state index in [0.29, 0.717) is 37.4 Å². The van der Waals surface area contributed by atoms with Gasteiger partial charge in [0.2, 0.25) is 0 Å². The second kappa shape index (κ2) is 14.9. The molecule has 6 rings (SSSR count). The molecular formula is C44H70O9. The smallest absolute Gasteiger partial charge is 0.332 e. The second-order valence-corrected chi connectivity index (χ2v) is 19.4. The molecule has 6 fully saturated rings. The fourth-order valence-electron chi connectivity index (χ4n) is 13.5. The lowest BCUT2D eigenvalue weighted by Gasteiger charge is -2.62. The Morgan fingerprint density at radius 2 is 1.30 bits per heavy atom. The van der Waals surface area contributed by atoms with Gasteiger partial charge in [0.1, 0.15) is 31.1 Å². The molecule has 300 valence electrons. The highest BCUT2D eigenvalue weighted by molar-refractivity contribution is 5.86. The van der Waals surface area contributed by atoms with Crippen LogP contribution in [-0.2, 0) is 28.6 Å². The van der Waals surface area contributed by atoms with E-state index in [4.69, 9.17) is 14.2 Å². The van der Waals surface area contributed by atoms with Crippen molar-refractivity contribution in [2.45, 2.75) is 144 Å². The molecule has 0 aliphatic heterocycles. The van der Waals surface area contributed by atoms with Crippen molar-refractivity contribution in [3.05, 3.63) is 25.3 Å². The molecule has 0 spiro atoms. The molecule has 6 saturated carbocycles. The maximum absolute atomic E-state index is 13.1. The van der Waals surface area contributed by atoms with E-state index in [1.165, 1.54) is 0 Å². The summed E-state index contributed by atoms with van der Waals surface area (Å²) in [6, 6.07) is 0. The number of Topliss-reactive ketones (excluding diaryl/α,β-unsaturated/α-hetero) is 2. The molecule has 9 heteroatoms. The zero-order valence-electron chi connectivity index (χ0n) is 34.1. The Kier molecular flexibility index (Phi) is 11.9. The van der Waals surface area contributed by atoms with E-state index in [9.17, 15) is 29.7 Å². The Balaban J connectivity index is 0.000000204. The monoisotopic (exact) mass is 743 g/mol. The molecule has 9 nitrogen and oxygen atoms in total. The van der Waals surface area contributed by atoms with Crippen LogP contribution in [-0.4, -0.2) is 77.8 Å². The normalized spacial score (nSPS) is 50.6. The zero-order chi connectivity index (χ0) is 39.5. The first-order chi connectivity index (χ1) is 24.7. The lowest BCUT2D eigenvalue weighted by molar-refractivity contribution is -0.214. The number of aliphatic hydroxyl groups is 3. The predicted octanol–water partition coefficient (Wildman–Crippen LogP) is 6.86. The molecule has 0 heterocycles. The van der Waals surface area contributed by atoms with E-state index in [0.717, 1.165) is 38.5 Å². The summed E-state index contributed by atoms with van der Waals surface area (Å²) in [7, 11) is 1.63. The quantitative estimate of drug-likeness (QED) is 0.145. The zero-order valence-corrected chi connectivity index (χ0v) is 34.1. The largest absolute Gasteiger partial charge is 0.460 e. The van der Waals surface area contributed by atoms with Crippen LogP contribution in [0.2, 0.25) is 0 Å². The highest BCUT2D eigenvalue weighted by atomic mass is 16.7. The molecule has 0 aromatic rings. The second-order valence-electron chi connectivity index (χ2n) is 19.4. The fourth-order valence-corrected chi connectivity index (χ4v) is 13.5. The lowest BCUT2D eigenvalue weighted by atomic mass is 9.44. The highest BCUT2D eigenvalue weighted by Crippen LogP contribution is 2.69. The van der Waals surface area contributed by atoms with Gasteiger partial charge in [0.05, 0.1) is 18.3 Å². The predicted molar refractivity (Wildman–Crippen MR) is 203 cm³/mol. The molecule has 53 heavy (non-hydrogen) atoms. The van der Waals surface area contributed by atoms with Gasteiger partial charge in [-0.1, -0.05) is 67.5 Å². The highest BCUT2D eigenvalue weighted by Gasteiger charge is 2.69. The SMILES string of the molecule is C=C[C@]1(C)C[C@@H](O)[C@@]2(C)C3C(=O)CCC3(CC[C@H]2C)[C@@H](C)[C@@H]1OCOC.C=C[C@]1(C)C[C@@H](OC(=O)CO)[C@@]2(C)C3C(=O)CCC3(CC[C@H]2C)[C@@H](C)[C@@H]1O. The summed E-state index contributed by atoms with van der Waals surface area (Å²) in [5, 5.41) is 32.0. The van der Waals surface area contributed by atoms with Crippen molar-refractivity contribution in [3.63, 3.8) is 0 Å². The van der Waals surface area contributed by atoms with Crippen molar-refractivity contribution in [3.8, 4) is 0 Å². The fraction of sp³-hybridized carbons (Fsp3) is 0.841. The molecule has 0 aromatic carbocycles. The van der Waals surface area contributed by atoms with Crippen LogP contribution in [0.3, 0.4) is 0 Å². The number of ether oxygens (including phenoxy) is 3. The van der Waals surface area contributed by atoms with Gasteiger partial charge >= 0.3 is 5.97 Å². The number of hydrogen-bond acceptors (Lipinski definition) is 9. The van der Waals surface area contributed by atoms with Gasteiger partial charge in [-0.15, -0.1) is 13.2 Å². The maximum Gasteiger partial charge on any atom is 0.332 e. The summed E-state index contributed by atoms with van der Waals surface area (Å²) in [6.07, 6.45) is 9.58. The van der Waals surface area contributed by atoms with Crippen molar-refractivity contribution in [2.75, 3.05) is 20.5 Å². The van der Waals surface area contributed by atoms with Gasteiger partial charge in [0.15, 0.2) is 0 Å². The Labute approximate surface area is 318 Å². The van der Waals surface area contributed by atoms with Crippen LogP contribution >= 0.6 is 0 Å². The van der Waals surface area contributed by atoms with Gasteiger partial charge in [-0.05, 0) is 85.9 Å². The number of rotatable bonds is 7. The summed E-state index contributed by atoms with van der Waals surface area (Å²) in [5.74, 6) is 0.282. The molecular weight excluding hydrogens is 672 g/mol. The molecule has 0 saturated heterocycles. The average Bonchev–Trinajstić information content (AvgIpc) is 3.68. The van der Waals surface area contributed by atoms with Gasteiger partial charge < -0.3 is 29.5 Å². The Bertz CT molecular complexity index is 1430. The van der Waals surface area contributed by atoms with Crippen LogP contribution in [0.1, 0.15) is 120 Å². The van der Waals surface area contributed by atoms with Crippen LogP contribution in [0.25, 0.3) is 0 Å². The third-order valence-electron chi connectivity index (χ3n) is 17.4. The number of ketones is 2. The number of aliphatic hydroxyl groups excluding tert-OH is 3. The summed E-state index contributed by atoms with van der Waals surface area (Å²) >= 11 is 0. The number of hydrogen-bond donors (Lipinski definition) is 3. The number of methoxy groups -OCH3 is 1. The van der Waals surface area contributed by atoms with Crippen LogP contribution in [0.15, 0.2) is 25.3 Å². The molecule has 0 aromatic heterocycles. The van der Waals surface area contributed by atoms with E-state index in [1.807, 2.05) is 13.0 Å². The minimum absolute atomic E-state index is 0.0433. The van der Waals surface area contributed by atoms with Gasteiger partial charge in [0.25, 0.3) is 0 Å². The van der Waals surface area contributed by atoms with Crippen LogP contribution in [0.5, 0.6) is 0 Å². The summed E-state index contributed by atoms with van der Waals surface area (Å²) in [6.45, 7) is 24.6. The van der Waals surface area contributed by atoms with E-state index >= 15 is 0 Å². The van der Waals surface area contributed by atoms with Crippen molar-refractivity contribution < 1.29 is 43.9 Å². The van der Waals surface area contributed by atoms with Crippen molar-refractivity contribution in [1.29, 1.82) is 0 Å². The van der Waals surface area contributed by atoms with Crippen molar-refractivity contribution >= 4 is 17.5 Å². The van der Waals surface area contributed by atoms with Crippen LogP contribution < -0.4 is 0 Å². The molecule has 0 amide bonds. The molecule has 6 aliphatic carbocycles. The molecule has 4 bridgehead atoms. The first-order valence-corrected chi connectivity index (χ1v) is 20.3. The van der Waals surface area contributed by atoms with E-state index < -0.39 is 41.7 Å². The first kappa shape index (κ1) is 42.2. The van der Waals surface area contributed by atoms with Gasteiger partial charge in [0, 0.05) is 53.4 Å². The molecule has 4 unspecified atom stereocenters. The minimum Gasteiger partial charge on any atom is -0.460 e. The Hall–Kier alpha value is -1.91. The van der Waals surface area contributed by atoms with Gasteiger partial charge in [-0.2, -0.15) is 0 Å². The lowest BCUT2D eigenvalue weighted by Crippen LogP contribution is -2.63. The maximum atomic E-state index is 13.1. The van der Waals surface area contributed by atoms with E-state index in [-0.39, 0.29) is 69.9 Å². The standard InChI is InChI=1S/C22H34O5.C22H36O4/c1-6-20(4)11-16(27-17(25)12-23)21(5)13(2)7-9-22(14(3)19(20)26)10-8-15(24)18(21)22;1-7-20(4)12-17(24)21(5)14(2)8-10-22(11-9-16(23)18(21)22)15(3)19(20)26-13-25-6/h6,13-14,16,18-19,23,26H,1,7-12H2,2-5H3;7,14-15,17-19,24H,1,8-13H2,2-6H3/t13-,14+,16-,18?,19+,20-,21+,22?;14-,15+,17-,18?,19+,20-,21+,22?/m11/s1. The molecule has 0 radical (unpaired) electrons. The van der Waals surface area contributed by atoms with E-state index in [1.54, 1.807) is 13.2 Å². The Morgan fingerprint density at radius 3 is 1.81 bits per heavy atom. The van der Waals surface area contributed by atoms with Gasteiger partial charge in [-0.3, -0.25) is 9.59 Å². The van der Waals surface area contributed by atoms with Crippen molar-refractivity contribution in [1.82, 2.24) is 0 Å².